The lowest BCUT2D eigenvalue weighted by atomic mass is 9.78. The van der Waals surface area contributed by atoms with Crippen LogP contribution in [0.1, 0.15) is 54.0 Å². The first-order chi connectivity index (χ1) is 12.4. The fraction of sp³-hybridized carbons (Fsp3) is 0.500. The van der Waals surface area contributed by atoms with Gasteiger partial charge in [-0.05, 0) is 70.3 Å². The maximum absolute atomic E-state index is 12.1. The minimum Gasteiger partial charge on any atom is -0.460 e. The quantitative estimate of drug-likeness (QED) is 0.606. The highest BCUT2D eigenvalue weighted by Gasteiger charge is 2.51. The molecule has 1 aliphatic heterocycles. The highest BCUT2D eigenvalue weighted by atomic mass is 16.7. The smallest absolute Gasteiger partial charge is 0.460 e. The molecular weight excluding hydrogens is 339 g/mol. The molecule has 5 heteroatoms. The first-order valence-electron chi connectivity index (χ1n) is 9.46. The zero-order valence-electron chi connectivity index (χ0n) is 17.4. The van der Waals surface area contributed by atoms with Gasteiger partial charge in [-0.1, -0.05) is 36.4 Å². The maximum atomic E-state index is 12.1. The Bertz CT molecular complexity index is 848. The summed E-state index contributed by atoms with van der Waals surface area (Å²) in [6.07, 6.45) is 0.270. The molecule has 1 aliphatic rings. The highest BCUT2D eigenvalue weighted by molar-refractivity contribution is 6.62. The number of esters is 1. The Morgan fingerprint density at radius 2 is 1.52 bits per heavy atom. The summed E-state index contributed by atoms with van der Waals surface area (Å²) < 4.78 is 17.7. The van der Waals surface area contributed by atoms with Crippen molar-refractivity contribution in [2.75, 3.05) is 0 Å². The van der Waals surface area contributed by atoms with E-state index in [1.54, 1.807) is 0 Å². The molecule has 2 aromatic carbocycles. The Hall–Kier alpha value is -1.85. The van der Waals surface area contributed by atoms with Crippen LogP contribution in [0.5, 0.6) is 0 Å². The van der Waals surface area contributed by atoms with E-state index in [0.717, 1.165) is 21.8 Å². The van der Waals surface area contributed by atoms with Crippen molar-refractivity contribution in [2.24, 2.45) is 0 Å². The van der Waals surface area contributed by atoms with Gasteiger partial charge in [0, 0.05) is 0 Å². The van der Waals surface area contributed by atoms with E-state index < -0.39 is 5.60 Å². The molecule has 0 atom stereocenters. The van der Waals surface area contributed by atoms with Crippen LogP contribution in [0.25, 0.3) is 10.8 Å². The number of rotatable bonds is 3. The Kier molecular flexibility index (Phi) is 4.90. The summed E-state index contributed by atoms with van der Waals surface area (Å²) >= 11 is 0. The summed E-state index contributed by atoms with van der Waals surface area (Å²) in [7, 11) is -0.374. The Morgan fingerprint density at radius 3 is 2.11 bits per heavy atom. The molecule has 0 unspecified atom stereocenters. The molecule has 0 N–H and O–H groups in total. The van der Waals surface area contributed by atoms with Gasteiger partial charge in [0.15, 0.2) is 0 Å². The second-order valence-electron chi connectivity index (χ2n) is 9.29. The van der Waals surface area contributed by atoms with Crippen LogP contribution in [-0.4, -0.2) is 29.9 Å². The number of hydrogen-bond donors (Lipinski definition) is 0. The Labute approximate surface area is 162 Å². The van der Waals surface area contributed by atoms with Crippen LogP contribution in [-0.2, 0) is 25.3 Å². The number of carbonyl (C=O) groups excluding carboxylic acids is 1. The standard InChI is InChI=1S/C22H29BO4/c1-20(2,3)25-19(24)13-15-8-9-17-14-18(11-10-16(17)12-15)23-26-21(4,5)22(6,7)27-23/h8-12,14H,13H2,1-7H3. The van der Waals surface area contributed by atoms with Crippen molar-refractivity contribution in [3.8, 4) is 0 Å². The Morgan fingerprint density at radius 1 is 0.963 bits per heavy atom. The van der Waals surface area contributed by atoms with Crippen molar-refractivity contribution < 1.29 is 18.8 Å². The molecule has 1 heterocycles. The predicted molar refractivity (Wildman–Crippen MR) is 109 cm³/mol. The minimum absolute atomic E-state index is 0.212. The van der Waals surface area contributed by atoms with E-state index in [4.69, 9.17) is 14.0 Å². The maximum Gasteiger partial charge on any atom is 0.494 e. The predicted octanol–water partition coefficient (Wildman–Crippen LogP) is 4.02. The lowest BCUT2D eigenvalue weighted by molar-refractivity contribution is -0.153. The van der Waals surface area contributed by atoms with Gasteiger partial charge in [-0.2, -0.15) is 0 Å². The fourth-order valence-electron chi connectivity index (χ4n) is 3.09. The average molecular weight is 368 g/mol. The number of fused-ring (bicyclic) bond motifs is 1. The molecule has 4 nitrogen and oxygen atoms in total. The van der Waals surface area contributed by atoms with Gasteiger partial charge in [0.25, 0.3) is 0 Å². The summed E-state index contributed by atoms with van der Waals surface area (Å²) in [5.74, 6) is -0.212. The summed E-state index contributed by atoms with van der Waals surface area (Å²) in [4.78, 5) is 12.1. The van der Waals surface area contributed by atoms with Gasteiger partial charge in [-0.15, -0.1) is 0 Å². The van der Waals surface area contributed by atoms with Crippen LogP contribution >= 0.6 is 0 Å². The highest BCUT2D eigenvalue weighted by Crippen LogP contribution is 2.36. The number of hydrogen-bond acceptors (Lipinski definition) is 4. The molecule has 0 aromatic heterocycles. The zero-order valence-corrected chi connectivity index (χ0v) is 17.4. The molecule has 0 amide bonds. The third-order valence-corrected chi connectivity index (χ3v) is 5.22. The number of carbonyl (C=O) groups is 1. The first-order valence-corrected chi connectivity index (χ1v) is 9.46. The number of benzene rings is 2. The second-order valence-corrected chi connectivity index (χ2v) is 9.29. The van der Waals surface area contributed by atoms with Gasteiger partial charge >= 0.3 is 13.1 Å². The lowest BCUT2D eigenvalue weighted by Gasteiger charge is -2.32. The molecule has 27 heavy (non-hydrogen) atoms. The van der Waals surface area contributed by atoms with Gasteiger partial charge in [-0.25, -0.2) is 0 Å². The van der Waals surface area contributed by atoms with Crippen molar-refractivity contribution in [2.45, 2.75) is 71.7 Å². The minimum atomic E-state index is -0.467. The van der Waals surface area contributed by atoms with Gasteiger partial charge < -0.3 is 14.0 Å². The normalized spacial score (nSPS) is 18.7. The molecular formula is C22H29BO4. The van der Waals surface area contributed by atoms with Crippen LogP contribution in [0, 0.1) is 0 Å². The fourth-order valence-corrected chi connectivity index (χ4v) is 3.09. The van der Waals surface area contributed by atoms with Crippen molar-refractivity contribution in [1.82, 2.24) is 0 Å². The average Bonchev–Trinajstić information content (AvgIpc) is 2.73. The van der Waals surface area contributed by atoms with Crippen molar-refractivity contribution in [3.05, 3.63) is 42.0 Å². The van der Waals surface area contributed by atoms with E-state index in [1.165, 1.54) is 0 Å². The van der Waals surface area contributed by atoms with Crippen LogP contribution in [0.3, 0.4) is 0 Å². The van der Waals surface area contributed by atoms with Crippen LogP contribution in [0.2, 0.25) is 0 Å². The SMILES string of the molecule is CC(C)(C)OC(=O)Cc1ccc2cc(B3OC(C)(C)C(C)(C)O3)ccc2c1. The molecule has 144 valence electrons. The molecule has 2 aromatic rings. The van der Waals surface area contributed by atoms with Crippen LogP contribution in [0.4, 0.5) is 0 Å². The molecule has 0 spiro atoms. The van der Waals surface area contributed by atoms with E-state index >= 15 is 0 Å². The topological polar surface area (TPSA) is 44.8 Å². The zero-order chi connectivity index (χ0) is 20.0. The van der Waals surface area contributed by atoms with E-state index in [1.807, 2.05) is 51.1 Å². The van der Waals surface area contributed by atoms with Gasteiger partial charge in [0.2, 0.25) is 0 Å². The largest absolute Gasteiger partial charge is 0.494 e. The summed E-state index contributed by atoms with van der Waals surface area (Å²) in [5.41, 5.74) is 0.764. The molecule has 0 aliphatic carbocycles. The van der Waals surface area contributed by atoms with Crippen LogP contribution in [0.15, 0.2) is 36.4 Å². The summed E-state index contributed by atoms with van der Waals surface area (Å²) in [5, 5.41) is 2.17. The van der Waals surface area contributed by atoms with Gasteiger partial charge in [0.05, 0.1) is 17.6 Å². The second kappa shape index (κ2) is 6.64. The molecule has 1 fully saturated rings. The van der Waals surface area contributed by atoms with Crippen molar-refractivity contribution in [3.63, 3.8) is 0 Å². The lowest BCUT2D eigenvalue weighted by Crippen LogP contribution is -2.41. The first kappa shape index (κ1) is 19.9. The Balaban J connectivity index is 1.79. The number of ether oxygens (including phenoxy) is 1. The summed E-state index contributed by atoms with van der Waals surface area (Å²) in [6, 6.07) is 12.2. The molecule has 3 rings (SSSR count). The van der Waals surface area contributed by atoms with E-state index in [9.17, 15) is 4.79 Å². The molecule has 0 saturated carbocycles. The molecule has 0 radical (unpaired) electrons. The van der Waals surface area contributed by atoms with Gasteiger partial charge in [-0.3, -0.25) is 4.79 Å². The van der Waals surface area contributed by atoms with Gasteiger partial charge in [0.1, 0.15) is 5.60 Å². The van der Waals surface area contributed by atoms with E-state index in [-0.39, 0.29) is 30.7 Å². The van der Waals surface area contributed by atoms with E-state index in [0.29, 0.717) is 0 Å². The monoisotopic (exact) mass is 368 g/mol. The van der Waals surface area contributed by atoms with Crippen molar-refractivity contribution in [1.29, 1.82) is 0 Å². The summed E-state index contributed by atoms with van der Waals surface area (Å²) in [6.45, 7) is 13.8. The van der Waals surface area contributed by atoms with Crippen molar-refractivity contribution >= 4 is 29.3 Å². The molecule has 1 saturated heterocycles. The molecule has 0 bridgehead atoms. The van der Waals surface area contributed by atoms with E-state index in [2.05, 4.69) is 33.8 Å². The van der Waals surface area contributed by atoms with Crippen LogP contribution < -0.4 is 5.46 Å². The third-order valence-electron chi connectivity index (χ3n) is 5.22. The third kappa shape index (κ3) is 4.36.